The van der Waals surface area contributed by atoms with E-state index in [1.54, 1.807) is 11.8 Å². The second-order valence-electron chi connectivity index (χ2n) is 9.40. The highest BCUT2D eigenvalue weighted by Gasteiger charge is 2.22. The van der Waals surface area contributed by atoms with Crippen molar-refractivity contribution in [3.63, 3.8) is 0 Å². The number of amides is 2. The molecule has 0 bridgehead atoms. The van der Waals surface area contributed by atoms with Gasteiger partial charge in [-0.2, -0.15) is 9.67 Å². The van der Waals surface area contributed by atoms with Gasteiger partial charge in [0.1, 0.15) is 12.1 Å². The number of nitrogen functional groups attached to an aromatic ring is 1. The van der Waals surface area contributed by atoms with Crippen molar-refractivity contribution in [2.24, 2.45) is 0 Å². The van der Waals surface area contributed by atoms with Crippen molar-refractivity contribution in [3.8, 4) is 5.82 Å². The van der Waals surface area contributed by atoms with Crippen LogP contribution in [0.3, 0.4) is 0 Å². The molecule has 206 valence electrons. The predicted molar refractivity (Wildman–Crippen MR) is 146 cm³/mol. The summed E-state index contributed by atoms with van der Waals surface area (Å²) >= 11 is 0. The number of nitrogens with one attached hydrogen (secondary N) is 1. The van der Waals surface area contributed by atoms with Crippen molar-refractivity contribution in [1.82, 2.24) is 34.5 Å². The van der Waals surface area contributed by atoms with Crippen molar-refractivity contribution >= 4 is 41.1 Å². The molecule has 14 heteroatoms. The summed E-state index contributed by atoms with van der Waals surface area (Å²) in [6, 6.07) is 9.76. The number of hydrogen-bond donors (Lipinski definition) is 2. The Morgan fingerprint density at radius 2 is 1.59 bits per heavy atom. The van der Waals surface area contributed by atoms with Gasteiger partial charge >= 0.3 is 6.09 Å². The van der Waals surface area contributed by atoms with Crippen LogP contribution in [-0.4, -0.2) is 106 Å². The van der Waals surface area contributed by atoms with Gasteiger partial charge in [-0.1, -0.05) is 0 Å². The molecule has 2 fully saturated rings. The van der Waals surface area contributed by atoms with Gasteiger partial charge in [0.05, 0.1) is 7.11 Å². The van der Waals surface area contributed by atoms with Crippen LogP contribution in [0.2, 0.25) is 0 Å². The molecule has 0 aliphatic carbocycles. The quantitative estimate of drug-likeness (QED) is 0.487. The highest BCUT2D eigenvalue weighted by molar-refractivity contribution is 5.73. The number of hydrogen-bond acceptors (Lipinski definition) is 11. The summed E-state index contributed by atoms with van der Waals surface area (Å²) in [5.74, 6) is 1.88. The molecule has 2 aromatic heterocycles. The van der Waals surface area contributed by atoms with E-state index >= 15 is 0 Å². The highest BCUT2D eigenvalue weighted by Crippen LogP contribution is 2.23. The third-order valence-corrected chi connectivity index (χ3v) is 6.95. The van der Waals surface area contributed by atoms with E-state index < -0.39 is 0 Å². The van der Waals surface area contributed by atoms with Gasteiger partial charge in [-0.3, -0.25) is 4.79 Å². The van der Waals surface area contributed by atoms with Crippen LogP contribution in [0, 0.1) is 0 Å². The molecule has 3 aromatic rings. The van der Waals surface area contributed by atoms with Gasteiger partial charge < -0.3 is 35.4 Å². The van der Waals surface area contributed by atoms with Gasteiger partial charge in [-0.05, 0) is 30.7 Å². The van der Waals surface area contributed by atoms with Gasteiger partial charge in [-0.15, -0.1) is 5.10 Å². The fourth-order valence-electron chi connectivity index (χ4n) is 4.79. The SMILES string of the molecule is COC(=O)N1CCN(c2ccc(Nc3nc(N)n(-c4cc(N5CCCN(C(C)=O)CC5)ncn4)n3)cc2)CC1. The number of aromatic nitrogens is 5. The fraction of sp³-hybridized carbons (Fsp3) is 0.440. The number of carbonyl (C=O) groups excluding carboxylic acids is 2. The first-order chi connectivity index (χ1) is 18.9. The molecule has 39 heavy (non-hydrogen) atoms. The molecule has 2 saturated heterocycles. The van der Waals surface area contributed by atoms with Gasteiger partial charge in [0.25, 0.3) is 0 Å². The van der Waals surface area contributed by atoms with Gasteiger partial charge in [0.2, 0.25) is 17.8 Å². The molecule has 14 nitrogen and oxygen atoms in total. The molecule has 2 amide bonds. The first-order valence-electron chi connectivity index (χ1n) is 12.9. The lowest BCUT2D eigenvalue weighted by Crippen LogP contribution is -2.48. The van der Waals surface area contributed by atoms with Gasteiger partial charge in [-0.25, -0.2) is 14.8 Å². The van der Waals surface area contributed by atoms with Crippen LogP contribution >= 0.6 is 0 Å². The van der Waals surface area contributed by atoms with E-state index in [2.05, 4.69) is 35.2 Å². The minimum absolute atomic E-state index is 0.0868. The molecule has 0 atom stereocenters. The van der Waals surface area contributed by atoms with E-state index in [4.69, 9.17) is 10.5 Å². The van der Waals surface area contributed by atoms with Gasteiger partial charge in [0.15, 0.2) is 5.82 Å². The van der Waals surface area contributed by atoms with Crippen LogP contribution in [0.1, 0.15) is 13.3 Å². The number of benzene rings is 1. The average molecular weight is 536 g/mol. The number of methoxy groups -OCH3 is 1. The normalized spacial score (nSPS) is 16.2. The fourth-order valence-corrected chi connectivity index (χ4v) is 4.79. The van der Waals surface area contributed by atoms with E-state index in [9.17, 15) is 9.59 Å². The van der Waals surface area contributed by atoms with Crippen molar-refractivity contribution in [1.29, 1.82) is 0 Å². The minimum Gasteiger partial charge on any atom is -0.453 e. The Bertz CT molecular complexity index is 1300. The van der Waals surface area contributed by atoms with E-state index in [0.717, 1.165) is 49.8 Å². The highest BCUT2D eigenvalue weighted by atomic mass is 16.5. The average Bonchev–Trinajstić information content (AvgIpc) is 3.15. The molecule has 2 aliphatic rings. The number of nitrogens with two attached hydrogens (primary N) is 1. The minimum atomic E-state index is -0.290. The van der Waals surface area contributed by atoms with Crippen LogP contribution < -0.4 is 20.9 Å². The zero-order chi connectivity index (χ0) is 27.4. The Kier molecular flexibility index (Phi) is 7.61. The van der Waals surface area contributed by atoms with Crippen LogP contribution in [0.15, 0.2) is 36.7 Å². The number of ether oxygens (including phenoxy) is 1. The topological polar surface area (TPSA) is 151 Å². The summed E-state index contributed by atoms with van der Waals surface area (Å²) in [6.07, 6.45) is 2.05. The largest absolute Gasteiger partial charge is 0.453 e. The van der Waals surface area contributed by atoms with E-state index in [0.29, 0.717) is 37.9 Å². The number of piperazine rings is 1. The number of anilines is 5. The zero-order valence-electron chi connectivity index (χ0n) is 22.2. The number of rotatable bonds is 5. The van der Waals surface area contributed by atoms with Crippen LogP contribution in [0.5, 0.6) is 0 Å². The van der Waals surface area contributed by atoms with E-state index in [-0.39, 0.29) is 17.9 Å². The van der Waals surface area contributed by atoms with E-state index in [1.807, 2.05) is 35.2 Å². The lowest BCUT2D eigenvalue weighted by Gasteiger charge is -2.35. The van der Waals surface area contributed by atoms with Crippen molar-refractivity contribution in [2.75, 3.05) is 80.3 Å². The molecule has 5 rings (SSSR count). The lowest BCUT2D eigenvalue weighted by atomic mass is 10.2. The molecule has 0 radical (unpaired) electrons. The Morgan fingerprint density at radius 3 is 2.31 bits per heavy atom. The summed E-state index contributed by atoms with van der Waals surface area (Å²) in [5, 5.41) is 7.70. The smallest absolute Gasteiger partial charge is 0.409 e. The summed E-state index contributed by atoms with van der Waals surface area (Å²) in [5.41, 5.74) is 8.06. The molecule has 0 saturated carbocycles. The molecule has 3 N–H and O–H groups in total. The van der Waals surface area contributed by atoms with Crippen LogP contribution in [0.4, 0.5) is 33.9 Å². The number of carbonyl (C=O) groups is 2. The summed E-state index contributed by atoms with van der Waals surface area (Å²) < 4.78 is 6.28. The molecule has 2 aliphatic heterocycles. The lowest BCUT2D eigenvalue weighted by molar-refractivity contribution is -0.128. The second-order valence-corrected chi connectivity index (χ2v) is 9.40. The summed E-state index contributed by atoms with van der Waals surface area (Å²) in [7, 11) is 1.40. The van der Waals surface area contributed by atoms with Gasteiger partial charge in [0, 0.05) is 76.7 Å². The Hall–Kier alpha value is -4.62. The molecule has 0 unspecified atom stereocenters. The first kappa shape index (κ1) is 26.0. The molecular weight excluding hydrogens is 502 g/mol. The summed E-state index contributed by atoms with van der Waals surface area (Å²) in [6.45, 7) is 7.17. The maximum atomic E-state index is 11.8. The van der Waals surface area contributed by atoms with Crippen molar-refractivity contribution < 1.29 is 14.3 Å². The Labute approximate surface area is 226 Å². The molecular formula is C25H33N11O3. The monoisotopic (exact) mass is 535 g/mol. The zero-order valence-corrected chi connectivity index (χ0v) is 22.2. The van der Waals surface area contributed by atoms with Crippen LogP contribution in [0.25, 0.3) is 5.82 Å². The third kappa shape index (κ3) is 5.94. The maximum Gasteiger partial charge on any atom is 0.409 e. The Morgan fingerprint density at radius 1 is 0.897 bits per heavy atom. The number of nitrogens with zero attached hydrogens (tertiary/aromatic N) is 9. The molecule has 0 spiro atoms. The van der Waals surface area contributed by atoms with Crippen molar-refractivity contribution in [2.45, 2.75) is 13.3 Å². The van der Waals surface area contributed by atoms with Crippen molar-refractivity contribution in [3.05, 3.63) is 36.7 Å². The maximum absolute atomic E-state index is 11.8. The second kappa shape index (κ2) is 11.4. The summed E-state index contributed by atoms with van der Waals surface area (Å²) in [4.78, 5) is 44.5. The van der Waals surface area contributed by atoms with Crippen LogP contribution in [-0.2, 0) is 9.53 Å². The Balaban J connectivity index is 1.23. The first-order valence-corrected chi connectivity index (χ1v) is 12.9. The van der Waals surface area contributed by atoms with E-state index in [1.165, 1.54) is 18.1 Å². The standard InChI is InChI=1S/C25H33N11O3/c1-18(37)32-8-3-9-34(13-10-32)21-16-22(28-17-27-21)36-23(26)30-24(31-36)29-19-4-6-20(7-5-19)33-11-14-35(15-12-33)25(38)39-2/h4-7,16-17H,3,8-15H2,1-2H3,(H3,26,29,30,31). The molecule has 1 aromatic carbocycles. The predicted octanol–water partition coefficient (Wildman–Crippen LogP) is 1.33. The molecule has 4 heterocycles. The third-order valence-electron chi connectivity index (χ3n) is 6.95.